The van der Waals surface area contributed by atoms with E-state index in [2.05, 4.69) is 10.6 Å². The molecule has 5 aromatic rings. The van der Waals surface area contributed by atoms with Crippen LogP contribution < -0.4 is 15.4 Å². The van der Waals surface area contributed by atoms with Gasteiger partial charge in [-0.25, -0.2) is 13.8 Å². The number of amides is 1. The fourth-order valence-corrected chi connectivity index (χ4v) is 7.27. The molecule has 2 aromatic carbocycles. The number of aryl methyl sites for hydroxylation is 2. The van der Waals surface area contributed by atoms with Crippen molar-refractivity contribution in [1.29, 1.82) is 0 Å². The molecule has 1 fully saturated rings. The number of hydrogen-bond acceptors (Lipinski definition) is 6. The number of ether oxygens (including phenoxy) is 2. The molecule has 9 nitrogen and oxygen atoms in total. The van der Waals surface area contributed by atoms with Crippen molar-refractivity contribution in [3.63, 3.8) is 0 Å². The Kier molecular flexibility index (Phi) is 8.99. The van der Waals surface area contributed by atoms with Gasteiger partial charge in [-0.15, -0.1) is 0 Å². The number of nitrogens with one attached hydrogen (secondary N) is 2. The number of pyridine rings is 1. The normalized spacial score (nSPS) is 17.6. The zero-order valence-corrected chi connectivity index (χ0v) is 28.2. The molecule has 4 heterocycles. The van der Waals surface area contributed by atoms with Gasteiger partial charge in [-0.05, 0) is 68.5 Å². The Labute approximate surface area is 286 Å². The molecule has 0 saturated heterocycles. The Balaban J connectivity index is 1.13. The summed E-state index contributed by atoms with van der Waals surface area (Å²) in [6.45, 7) is 2.66. The minimum atomic E-state index is -1.05. The van der Waals surface area contributed by atoms with Gasteiger partial charge in [-0.2, -0.15) is 0 Å². The van der Waals surface area contributed by atoms with Crippen LogP contribution in [0.1, 0.15) is 53.1 Å². The van der Waals surface area contributed by atoms with E-state index in [1.165, 1.54) is 6.08 Å². The van der Waals surface area contributed by atoms with E-state index in [0.29, 0.717) is 53.6 Å². The van der Waals surface area contributed by atoms with E-state index in [9.17, 15) is 9.59 Å². The van der Waals surface area contributed by atoms with Gasteiger partial charge < -0.3 is 29.1 Å². The van der Waals surface area contributed by atoms with Crippen molar-refractivity contribution >= 4 is 45.5 Å². The summed E-state index contributed by atoms with van der Waals surface area (Å²) in [6, 6.07) is 9.48. The standard InChI is InChI=1S/C37H36ClF2N5O4/c1-20-42-34-29(44(20)2)19-26(38)32-25-6-5-14-45-30(18-21(35(25)45)12-15-49-37(32)34)36(47)22-16-27(39)33(28(40)17-22)43-31(46)7-4-13-41-23-8-10-24(48-3)11-9-23/h4-7,14,16-19,23-24,41H,8-13,15H2,1-3H3,(H,43,46)/b7-4+. The van der Waals surface area contributed by atoms with Crippen LogP contribution in [0.4, 0.5) is 14.5 Å². The maximum atomic E-state index is 15.3. The van der Waals surface area contributed by atoms with E-state index in [1.54, 1.807) is 35.9 Å². The lowest BCUT2D eigenvalue weighted by atomic mass is 9.93. The largest absolute Gasteiger partial charge is 0.490 e. The molecule has 2 aliphatic rings. The monoisotopic (exact) mass is 687 g/mol. The molecule has 0 atom stereocenters. The average Bonchev–Trinajstić information content (AvgIpc) is 3.59. The van der Waals surface area contributed by atoms with Crippen molar-refractivity contribution in [2.24, 2.45) is 7.05 Å². The zero-order valence-electron chi connectivity index (χ0n) is 27.4. The third-order valence-electron chi connectivity index (χ3n) is 9.65. The van der Waals surface area contributed by atoms with Gasteiger partial charge in [0.15, 0.2) is 5.75 Å². The molecule has 2 N–H and O–H groups in total. The highest BCUT2D eigenvalue weighted by atomic mass is 35.5. The van der Waals surface area contributed by atoms with Gasteiger partial charge >= 0.3 is 0 Å². The van der Waals surface area contributed by atoms with E-state index < -0.39 is 29.0 Å². The van der Waals surface area contributed by atoms with Crippen LogP contribution in [-0.2, 0) is 23.0 Å². The number of carbonyl (C=O) groups excluding carboxylic acids is 2. The van der Waals surface area contributed by atoms with E-state index in [1.807, 2.05) is 30.7 Å². The van der Waals surface area contributed by atoms with Crippen LogP contribution in [0.5, 0.6) is 5.75 Å². The Bertz CT molecular complexity index is 2130. The minimum Gasteiger partial charge on any atom is -0.490 e. The number of anilines is 1. The Morgan fingerprint density at radius 1 is 1.14 bits per heavy atom. The van der Waals surface area contributed by atoms with Gasteiger partial charge in [0.2, 0.25) is 11.7 Å². The number of benzene rings is 2. The maximum Gasteiger partial charge on any atom is 0.248 e. The lowest BCUT2D eigenvalue weighted by Crippen LogP contribution is -2.35. The highest BCUT2D eigenvalue weighted by molar-refractivity contribution is 6.35. The molecule has 0 radical (unpaired) electrons. The molecule has 3 aromatic heterocycles. The molecule has 1 aliphatic carbocycles. The Hall–Kier alpha value is -4.58. The summed E-state index contributed by atoms with van der Waals surface area (Å²) >= 11 is 6.89. The molecular formula is C37H36ClF2N5O4. The summed E-state index contributed by atoms with van der Waals surface area (Å²) < 4.78 is 45.9. The van der Waals surface area contributed by atoms with E-state index >= 15 is 8.78 Å². The van der Waals surface area contributed by atoms with Crippen LogP contribution >= 0.6 is 11.6 Å². The van der Waals surface area contributed by atoms with Crippen LogP contribution in [0.25, 0.3) is 27.7 Å². The molecule has 1 saturated carbocycles. The quantitative estimate of drug-likeness (QED) is 0.136. The van der Waals surface area contributed by atoms with Gasteiger partial charge in [0.1, 0.15) is 28.7 Å². The van der Waals surface area contributed by atoms with Crippen molar-refractivity contribution in [3.05, 3.63) is 94.0 Å². The number of hydrogen-bond donors (Lipinski definition) is 2. The van der Waals surface area contributed by atoms with Crippen molar-refractivity contribution in [2.45, 2.75) is 51.2 Å². The number of aromatic nitrogens is 3. The third kappa shape index (κ3) is 6.11. The topological polar surface area (TPSA) is 98.9 Å². The number of ketones is 1. The first kappa shape index (κ1) is 32.9. The van der Waals surface area contributed by atoms with Gasteiger partial charge in [0, 0.05) is 62.1 Å². The lowest BCUT2D eigenvalue weighted by molar-refractivity contribution is -0.112. The highest BCUT2D eigenvalue weighted by Crippen LogP contribution is 2.46. The first-order valence-electron chi connectivity index (χ1n) is 16.3. The third-order valence-corrected chi connectivity index (χ3v) is 9.95. The molecular weight excluding hydrogens is 652 g/mol. The van der Waals surface area contributed by atoms with E-state index in [0.717, 1.165) is 65.8 Å². The van der Waals surface area contributed by atoms with Crippen molar-refractivity contribution < 1.29 is 27.8 Å². The van der Waals surface area contributed by atoms with Crippen LogP contribution in [-0.4, -0.2) is 58.0 Å². The lowest BCUT2D eigenvalue weighted by Gasteiger charge is -2.27. The number of imidazole rings is 1. The van der Waals surface area contributed by atoms with Crippen LogP contribution in [0.15, 0.2) is 54.7 Å². The summed E-state index contributed by atoms with van der Waals surface area (Å²) in [5, 5.41) is 6.11. The predicted octanol–water partition coefficient (Wildman–Crippen LogP) is 6.94. The molecule has 1 amide bonds. The van der Waals surface area contributed by atoms with Gasteiger partial charge in [0.25, 0.3) is 0 Å². The van der Waals surface area contributed by atoms with Crippen molar-refractivity contribution in [3.8, 4) is 16.9 Å². The second-order valence-electron chi connectivity index (χ2n) is 12.6. The number of halogens is 3. The highest BCUT2D eigenvalue weighted by Gasteiger charge is 2.28. The number of carbonyl (C=O) groups is 2. The van der Waals surface area contributed by atoms with Gasteiger partial charge in [-0.3, -0.25) is 9.59 Å². The number of nitrogens with zero attached hydrogens (tertiary/aromatic N) is 3. The SMILES string of the molecule is COC1CCC(NC/C=C/C(=O)Nc2c(F)cc(C(=O)c3cc4c5c(cccn35)-c3c(Cl)cc5c(nc(C)n5C)c3OCC4)cc2F)CC1. The first-order chi connectivity index (χ1) is 23.6. The predicted molar refractivity (Wildman–Crippen MR) is 185 cm³/mol. The molecule has 12 heteroatoms. The number of fused-ring (bicyclic) bond motifs is 4. The molecule has 254 valence electrons. The first-order valence-corrected chi connectivity index (χ1v) is 16.7. The van der Waals surface area contributed by atoms with Gasteiger partial charge in [0.05, 0.1) is 34.5 Å². The van der Waals surface area contributed by atoms with Crippen LogP contribution in [0.2, 0.25) is 5.02 Å². The smallest absolute Gasteiger partial charge is 0.248 e. The van der Waals surface area contributed by atoms with E-state index in [-0.39, 0.29) is 11.3 Å². The summed E-state index contributed by atoms with van der Waals surface area (Å²) in [7, 11) is 3.64. The summed E-state index contributed by atoms with van der Waals surface area (Å²) in [5.74, 6) is -1.99. The Morgan fingerprint density at radius 2 is 1.90 bits per heavy atom. The van der Waals surface area contributed by atoms with Gasteiger partial charge in [-0.1, -0.05) is 23.7 Å². The molecule has 0 unspecified atom stereocenters. The van der Waals surface area contributed by atoms with Crippen molar-refractivity contribution in [2.75, 3.05) is 25.6 Å². The Morgan fingerprint density at radius 3 is 2.63 bits per heavy atom. The van der Waals surface area contributed by atoms with Crippen LogP contribution in [0, 0.1) is 18.6 Å². The van der Waals surface area contributed by atoms with E-state index in [4.69, 9.17) is 26.1 Å². The fraction of sp³-hybridized carbons (Fsp3) is 0.324. The minimum absolute atomic E-state index is 0.192. The molecule has 49 heavy (non-hydrogen) atoms. The summed E-state index contributed by atoms with van der Waals surface area (Å²) in [4.78, 5) is 31.1. The summed E-state index contributed by atoms with van der Waals surface area (Å²) in [6.07, 6.45) is 9.26. The molecule has 0 spiro atoms. The van der Waals surface area contributed by atoms with Crippen molar-refractivity contribution in [1.82, 2.24) is 19.3 Å². The van der Waals surface area contributed by atoms with Crippen LogP contribution in [0.3, 0.4) is 0 Å². The molecule has 0 bridgehead atoms. The maximum absolute atomic E-state index is 15.3. The molecule has 7 rings (SSSR count). The second-order valence-corrected chi connectivity index (χ2v) is 13.0. The second kappa shape index (κ2) is 13.4. The molecule has 1 aliphatic heterocycles. The zero-order chi connectivity index (χ0) is 34.4. The summed E-state index contributed by atoms with van der Waals surface area (Å²) in [5.41, 5.74) is 3.93. The fourth-order valence-electron chi connectivity index (χ4n) is 6.98. The average molecular weight is 688 g/mol. The number of rotatable bonds is 8. The number of methoxy groups -OCH3 is 1.